The molecule has 0 bridgehead atoms. The second-order valence-corrected chi connectivity index (χ2v) is 2.17. The largest absolute Gasteiger partial charge is 0.457 e. The van der Waals surface area contributed by atoms with E-state index in [9.17, 15) is 8.78 Å². The summed E-state index contributed by atoms with van der Waals surface area (Å²) in [4.78, 5) is 0. The SMILES string of the molecule is FC(F)c1ccoc1Br. The van der Waals surface area contributed by atoms with Crippen LogP contribution in [0.5, 0.6) is 0 Å². The maximum absolute atomic E-state index is 11.8. The van der Waals surface area contributed by atoms with Crippen molar-refractivity contribution in [3.8, 4) is 0 Å². The van der Waals surface area contributed by atoms with E-state index in [-0.39, 0.29) is 10.2 Å². The van der Waals surface area contributed by atoms with Gasteiger partial charge >= 0.3 is 0 Å². The van der Waals surface area contributed by atoms with Crippen LogP contribution >= 0.6 is 15.9 Å². The molecule has 0 saturated heterocycles. The van der Waals surface area contributed by atoms with Crippen LogP contribution in [0.4, 0.5) is 8.78 Å². The molecular formula is C5H3BrF2O. The molecule has 1 aromatic heterocycles. The molecule has 50 valence electrons. The van der Waals surface area contributed by atoms with Crippen LogP contribution < -0.4 is 0 Å². The summed E-state index contributed by atoms with van der Waals surface area (Å²) >= 11 is 2.82. The average molecular weight is 197 g/mol. The van der Waals surface area contributed by atoms with E-state index >= 15 is 0 Å². The zero-order valence-corrected chi connectivity index (χ0v) is 5.86. The highest BCUT2D eigenvalue weighted by atomic mass is 79.9. The van der Waals surface area contributed by atoms with Crippen LogP contribution in [0.25, 0.3) is 0 Å². The van der Waals surface area contributed by atoms with E-state index in [2.05, 4.69) is 20.3 Å². The van der Waals surface area contributed by atoms with Gasteiger partial charge in [-0.1, -0.05) is 0 Å². The highest BCUT2D eigenvalue weighted by Gasteiger charge is 2.12. The summed E-state index contributed by atoms with van der Waals surface area (Å²) in [6.45, 7) is 0. The predicted molar refractivity (Wildman–Crippen MR) is 31.4 cm³/mol. The molecule has 0 spiro atoms. The first-order valence-electron chi connectivity index (χ1n) is 2.23. The number of halogens is 3. The molecule has 0 amide bonds. The van der Waals surface area contributed by atoms with Crippen molar-refractivity contribution in [1.29, 1.82) is 0 Å². The summed E-state index contributed by atoms with van der Waals surface area (Å²) in [5, 5.41) is 0. The van der Waals surface area contributed by atoms with Gasteiger partial charge in [0.25, 0.3) is 6.43 Å². The molecule has 0 unspecified atom stereocenters. The van der Waals surface area contributed by atoms with Crippen molar-refractivity contribution in [2.24, 2.45) is 0 Å². The van der Waals surface area contributed by atoms with Crippen molar-refractivity contribution >= 4 is 15.9 Å². The summed E-state index contributed by atoms with van der Waals surface area (Å²) in [6, 6.07) is 1.23. The first-order chi connectivity index (χ1) is 4.22. The smallest absolute Gasteiger partial charge is 0.268 e. The van der Waals surface area contributed by atoms with Gasteiger partial charge in [0.1, 0.15) is 0 Å². The molecule has 1 aromatic rings. The maximum Gasteiger partial charge on any atom is 0.268 e. The van der Waals surface area contributed by atoms with E-state index in [4.69, 9.17) is 0 Å². The number of hydrogen-bond donors (Lipinski definition) is 0. The highest BCUT2D eigenvalue weighted by molar-refractivity contribution is 9.10. The Kier molecular flexibility index (Phi) is 1.85. The van der Waals surface area contributed by atoms with Crippen molar-refractivity contribution in [2.45, 2.75) is 6.43 Å². The molecule has 1 heterocycles. The lowest BCUT2D eigenvalue weighted by Gasteiger charge is -1.90. The zero-order chi connectivity index (χ0) is 6.85. The number of rotatable bonds is 1. The molecule has 0 aliphatic carbocycles. The van der Waals surface area contributed by atoms with Gasteiger partial charge in [-0.2, -0.15) is 0 Å². The Bertz CT molecular complexity index is 197. The lowest BCUT2D eigenvalue weighted by atomic mass is 10.4. The molecule has 0 saturated carbocycles. The van der Waals surface area contributed by atoms with Crippen LogP contribution in [-0.4, -0.2) is 0 Å². The molecule has 4 heteroatoms. The van der Waals surface area contributed by atoms with E-state index in [1.807, 2.05) is 0 Å². The molecule has 9 heavy (non-hydrogen) atoms. The van der Waals surface area contributed by atoms with E-state index in [0.717, 1.165) is 0 Å². The Hall–Kier alpha value is -0.380. The number of hydrogen-bond acceptors (Lipinski definition) is 1. The highest BCUT2D eigenvalue weighted by Crippen LogP contribution is 2.27. The Morgan fingerprint density at radius 2 is 2.22 bits per heavy atom. The van der Waals surface area contributed by atoms with Gasteiger partial charge < -0.3 is 4.42 Å². The van der Waals surface area contributed by atoms with Gasteiger partial charge in [0.05, 0.1) is 11.8 Å². The van der Waals surface area contributed by atoms with E-state index in [1.165, 1.54) is 12.3 Å². The summed E-state index contributed by atoms with van der Waals surface area (Å²) < 4.78 is 28.2. The third kappa shape index (κ3) is 1.30. The molecule has 1 nitrogen and oxygen atoms in total. The molecule has 0 radical (unpaired) electrons. The van der Waals surface area contributed by atoms with Gasteiger partial charge in [0.2, 0.25) is 0 Å². The summed E-state index contributed by atoms with van der Waals surface area (Å²) in [5.74, 6) is 0. The Labute approximate surface area is 58.8 Å². The fourth-order valence-corrected chi connectivity index (χ4v) is 0.872. The molecular weight excluding hydrogens is 194 g/mol. The Balaban J connectivity index is 2.94. The lowest BCUT2D eigenvalue weighted by Crippen LogP contribution is -1.77. The quantitative estimate of drug-likeness (QED) is 0.674. The minimum Gasteiger partial charge on any atom is -0.457 e. The number of alkyl halides is 2. The van der Waals surface area contributed by atoms with Crippen LogP contribution in [0.1, 0.15) is 12.0 Å². The van der Waals surface area contributed by atoms with Crippen LogP contribution in [0, 0.1) is 0 Å². The van der Waals surface area contributed by atoms with Crippen molar-refractivity contribution in [2.75, 3.05) is 0 Å². The first-order valence-corrected chi connectivity index (χ1v) is 3.02. The summed E-state index contributed by atoms with van der Waals surface area (Å²) in [6.07, 6.45) is -1.25. The van der Waals surface area contributed by atoms with Crippen molar-refractivity contribution in [3.05, 3.63) is 22.6 Å². The third-order valence-corrected chi connectivity index (χ3v) is 1.53. The molecule has 0 aliphatic rings. The summed E-state index contributed by atoms with van der Waals surface area (Å²) in [7, 11) is 0. The zero-order valence-electron chi connectivity index (χ0n) is 4.27. The summed E-state index contributed by atoms with van der Waals surface area (Å²) in [5.41, 5.74) is -0.102. The Morgan fingerprint density at radius 3 is 2.44 bits per heavy atom. The fraction of sp³-hybridized carbons (Fsp3) is 0.200. The molecule has 1 rings (SSSR count). The predicted octanol–water partition coefficient (Wildman–Crippen LogP) is 2.98. The second-order valence-electron chi connectivity index (χ2n) is 1.45. The normalized spacial score (nSPS) is 10.7. The van der Waals surface area contributed by atoms with Gasteiger partial charge in [-0.15, -0.1) is 0 Å². The van der Waals surface area contributed by atoms with E-state index in [1.54, 1.807) is 0 Å². The molecule has 0 aromatic carbocycles. The second kappa shape index (κ2) is 2.47. The van der Waals surface area contributed by atoms with Gasteiger partial charge in [0.15, 0.2) is 4.67 Å². The minimum atomic E-state index is -2.46. The van der Waals surface area contributed by atoms with Crippen LogP contribution in [0.3, 0.4) is 0 Å². The van der Waals surface area contributed by atoms with Crippen molar-refractivity contribution in [1.82, 2.24) is 0 Å². The maximum atomic E-state index is 11.8. The minimum absolute atomic E-state index is 0.102. The van der Waals surface area contributed by atoms with Gasteiger partial charge in [-0.3, -0.25) is 0 Å². The van der Waals surface area contributed by atoms with Crippen molar-refractivity contribution in [3.63, 3.8) is 0 Å². The molecule has 0 atom stereocenters. The van der Waals surface area contributed by atoms with Crippen LogP contribution in [0.2, 0.25) is 0 Å². The van der Waals surface area contributed by atoms with E-state index < -0.39 is 6.43 Å². The standard InChI is InChI=1S/C5H3BrF2O/c6-4-3(5(7)8)1-2-9-4/h1-2,5H. The third-order valence-electron chi connectivity index (χ3n) is 0.881. The molecule has 0 N–H and O–H groups in total. The van der Waals surface area contributed by atoms with Gasteiger partial charge in [-0.05, 0) is 22.0 Å². The van der Waals surface area contributed by atoms with Crippen molar-refractivity contribution < 1.29 is 13.2 Å². The topological polar surface area (TPSA) is 13.1 Å². The van der Waals surface area contributed by atoms with Gasteiger partial charge in [0, 0.05) is 0 Å². The number of furan rings is 1. The van der Waals surface area contributed by atoms with Crippen LogP contribution in [-0.2, 0) is 0 Å². The monoisotopic (exact) mass is 196 g/mol. The first kappa shape index (κ1) is 6.74. The fourth-order valence-electron chi connectivity index (χ4n) is 0.459. The van der Waals surface area contributed by atoms with Gasteiger partial charge in [-0.25, -0.2) is 8.78 Å². The van der Waals surface area contributed by atoms with E-state index in [0.29, 0.717) is 0 Å². The average Bonchev–Trinajstić information content (AvgIpc) is 2.13. The lowest BCUT2D eigenvalue weighted by molar-refractivity contribution is 0.149. The Morgan fingerprint density at radius 1 is 1.56 bits per heavy atom. The van der Waals surface area contributed by atoms with Crippen LogP contribution in [0.15, 0.2) is 21.4 Å². The molecule has 0 aliphatic heterocycles. The molecule has 0 fully saturated rings.